The van der Waals surface area contributed by atoms with Crippen LogP contribution in [0.3, 0.4) is 0 Å². The van der Waals surface area contributed by atoms with Crippen LogP contribution in [-0.4, -0.2) is 4.98 Å². The van der Waals surface area contributed by atoms with Crippen LogP contribution in [0.15, 0.2) is 18.2 Å². The summed E-state index contributed by atoms with van der Waals surface area (Å²) in [4.78, 5) is 5.78. The van der Waals surface area contributed by atoms with Crippen LogP contribution in [0, 0.1) is 6.92 Å². The molecule has 0 radical (unpaired) electrons. The molecule has 0 spiro atoms. The lowest BCUT2D eigenvalue weighted by Gasteiger charge is -2.00. The van der Waals surface area contributed by atoms with Gasteiger partial charge in [-0.05, 0) is 18.6 Å². The van der Waals surface area contributed by atoms with Gasteiger partial charge in [0, 0.05) is 16.9 Å². The third-order valence-electron chi connectivity index (χ3n) is 2.69. The maximum Gasteiger partial charge on any atom is 0.197 e. The first-order valence-corrected chi connectivity index (χ1v) is 5.66. The first kappa shape index (κ1) is 8.88. The van der Waals surface area contributed by atoms with E-state index in [1.165, 1.54) is 21.6 Å². The minimum absolute atomic E-state index is 0.798. The molecular formula is C11H11N3S. The number of nitrogens with two attached hydrogens (primary N) is 1. The van der Waals surface area contributed by atoms with Crippen molar-refractivity contribution in [2.24, 2.45) is 5.84 Å². The summed E-state index contributed by atoms with van der Waals surface area (Å²) < 4.78 is 0. The number of fused-ring (bicyclic) bond motifs is 3. The molecule has 0 bridgehead atoms. The third kappa shape index (κ3) is 1.26. The summed E-state index contributed by atoms with van der Waals surface area (Å²) in [5, 5.41) is 0.798. The number of thiazole rings is 1. The monoisotopic (exact) mass is 217 g/mol. The normalized spacial score (nSPS) is 12.4. The fraction of sp³-hybridized carbons (Fsp3) is 0.182. The SMILES string of the molecule is Cc1ccc2c(c1)-c1nc(NN)sc1C2. The number of aromatic nitrogens is 1. The molecule has 0 aliphatic heterocycles. The third-order valence-corrected chi connectivity index (χ3v) is 3.68. The predicted molar refractivity (Wildman–Crippen MR) is 62.9 cm³/mol. The highest BCUT2D eigenvalue weighted by Crippen LogP contribution is 2.40. The quantitative estimate of drug-likeness (QED) is 0.486. The number of aryl methyl sites for hydroxylation is 1. The maximum absolute atomic E-state index is 5.36. The van der Waals surface area contributed by atoms with Crippen molar-refractivity contribution in [3.8, 4) is 11.3 Å². The van der Waals surface area contributed by atoms with E-state index in [9.17, 15) is 0 Å². The van der Waals surface area contributed by atoms with Crippen molar-refractivity contribution in [3.63, 3.8) is 0 Å². The van der Waals surface area contributed by atoms with Crippen molar-refractivity contribution in [2.75, 3.05) is 5.43 Å². The van der Waals surface area contributed by atoms with Gasteiger partial charge < -0.3 is 0 Å². The highest BCUT2D eigenvalue weighted by molar-refractivity contribution is 7.16. The minimum atomic E-state index is 0.798. The van der Waals surface area contributed by atoms with E-state index in [0.29, 0.717) is 0 Å². The second-order valence-corrected chi connectivity index (χ2v) is 4.86. The van der Waals surface area contributed by atoms with E-state index < -0.39 is 0 Å². The molecule has 0 saturated heterocycles. The van der Waals surface area contributed by atoms with Crippen molar-refractivity contribution in [1.82, 2.24) is 4.98 Å². The van der Waals surface area contributed by atoms with Crippen LogP contribution in [0.4, 0.5) is 5.13 Å². The molecule has 0 atom stereocenters. The van der Waals surface area contributed by atoms with Crippen molar-refractivity contribution < 1.29 is 0 Å². The van der Waals surface area contributed by atoms with E-state index in [-0.39, 0.29) is 0 Å². The first-order valence-electron chi connectivity index (χ1n) is 4.84. The summed E-state index contributed by atoms with van der Waals surface area (Å²) in [7, 11) is 0. The second-order valence-electron chi connectivity index (χ2n) is 3.77. The summed E-state index contributed by atoms with van der Waals surface area (Å²) in [6, 6.07) is 6.53. The maximum atomic E-state index is 5.36. The summed E-state index contributed by atoms with van der Waals surface area (Å²) >= 11 is 1.64. The van der Waals surface area contributed by atoms with Crippen LogP contribution in [-0.2, 0) is 6.42 Å². The zero-order chi connectivity index (χ0) is 10.4. The van der Waals surface area contributed by atoms with Gasteiger partial charge in [0.25, 0.3) is 0 Å². The summed E-state index contributed by atoms with van der Waals surface area (Å²) in [5.41, 5.74) is 7.63. The van der Waals surface area contributed by atoms with Gasteiger partial charge in [-0.15, -0.1) is 0 Å². The van der Waals surface area contributed by atoms with Gasteiger partial charge in [-0.1, -0.05) is 29.0 Å². The van der Waals surface area contributed by atoms with Gasteiger partial charge in [-0.3, -0.25) is 5.43 Å². The van der Waals surface area contributed by atoms with E-state index >= 15 is 0 Å². The average Bonchev–Trinajstić information content (AvgIpc) is 2.75. The molecule has 1 aliphatic carbocycles. The predicted octanol–water partition coefficient (Wildman–Crippen LogP) is 2.31. The number of nitrogen functional groups attached to an aromatic ring is 1. The standard InChI is InChI=1S/C11H11N3S/c1-6-2-3-7-5-9-10(8(7)4-6)13-11(14-12)15-9/h2-4H,5,12H2,1H3,(H,13,14). The zero-order valence-corrected chi connectivity index (χ0v) is 9.19. The Labute approximate surface area is 91.9 Å². The van der Waals surface area contributed by atoms with Gasteiger partial charge in [0.15, 0.2) is 5.13 Å². The molecule has 0 unspecified atom stereocenters. The molecule has 1 aliphatic rings. The molecule has 15 heavy (non-hydrogen) atoms. The van der Waals surface area contributed by atoms with Gasteiger partial charge in [-0.25, -0.2) is 10.8 Å². The Kier molecular flexibility index (Phi) is 1.81. The Morgan fingerprint density at radius 3 is 3.13 bits per heavy atom. The van der Waals surface area contributed by atoms with Crippen molar-refractivity contribution >= 4 is 16.5 Å². The molecule has 3 rings (SSSR count). The molecule has 3 nitrogen and oxygen atoms in total. The Morgan fingerprint density at radius 2 is 2.33 bits per heavy atom. The fourth-order valence-electron chi connectivity index (χ4n) is 1.98. The zero-order valence-electron chi connectivity index (χ0n) is 8.37. The van der Waals surface area contributed by atoms with E-state index in [1.54, 1.807) is 11.3 Å². The number of nitrogens with one attached hydrogen (secondary N) is 1. The van der Waals surface area contributed by atoms with E-state index in [2.05, 4.69) is 35.5 Å². The topological polar surface area (TPSA) is 50.9 Å². The molecule has 76 valence electrons. The molecule has 1 aromatic heterocycles. The Balaban J connectivity index is 2.19. The lowest BCUT2D eigenvalue weighted by atomic mass is 10.1. The molecule has 3 N–H and O–H groups in total. The largest absolute Gasteiger partial charge is 0.300 e. The van der Waals surface area contributed by atoms with Gasteiger partial charge in [0.1, 0.15) is 0 Å². The van der Waals surface area contributed by atoms with Crippen LogP contribution < -0.4 is 11.3 Å². The number of hydrogen-bond acceptors (Lipinski definition) is 4. The number of hydrogen-bond donors (Lipinski definition) is 2. The number of anilines is 1. The number of hydrazine groups is 1. The number of benzene rings is 1. The van der Waals surface area contributed by atoms with Crippen LogP contribution in [0.5, 0.6) is 0 Å². The molecule has 0 amide bonds. The van der Waals surface area contributed by atoms with Crippen LogP contribution >= 0.6 is 11.3 Å². The van der Waals surface area contributed by atoms with Gasteiger partial charge >= 0.3 is 0 Å². The van der Waals surface area contributed by atoms with Gasteiger partial charge in [0.05, 0.1) is 5.69 Å². The average molecular weight is 217 g/mol. The summed E-state index contributed by atoms with van der Waals surface area (Å²) in [6.45, 7) is 2.10. The molecule has 4 heteroatoms. The van der Waals surface area contributed by atoms with Crippen molar-refractivity contribution in [1.29, 1.82) is 0 Å². The van der Waals surface area contributed by atoms with Crippen LogP contribution in [0.1, 0.15) is 16.0 Å². The highest BCUT2D eigenvalue weighted by Gasteiger charge is 2.22. The van der Waals surface area contributed by atoms with Gasteiger partial charge in [0.2, 0.25) is 0 Å². The molecule has 2 aromatic rings. The molecule has 0 fully saturated rings. The minimum Gasteiger partial charge on any atom is -0.300 e. The van der Waals surface area contributed by atoms with E-state index in [4.69, 9.17) is 5.84 Å². The lowest BCUT2D eigenvalue weighted by molar-refractivity contribution is 1.29. The van der Waals surface area contributed by atoms with Crippen LogP contribution in [0.25, 0.3) is 11.3 Å². The molecule has 1 aromatic carbocycles. The van der Waals surface area contributed by atoms with Gasteiger partial charge in [-0.2, -0.15) is 0 Å². The second kappa shape index (κ2) is 3.05. The molecule has 0 saturated carbocycles. The highest BCUT2D eigenvalue weighted by atomic mass is 32.1. The van der Waals surface area contributed by atoms with Crippen molar-refractivity contribution in [3.05, 3.63) is 34.2 Å². The van der Waals surface area contributed by atoms with Crippen molar-refractivity contribution in [2.45, 2.75) is 13.3 Å². The van der Waals surface area contributed by atoms with Crippen LogP contribution in [0.2, 0.25) is 0 Å². The lowest BCUT2D eigenvalue weighted by Crippen LogP contribution is -2.05. The smallest absolute Gasteiger partial charge is 0.197 e. The first-order chi connectivity index (χ1) is 7.28. The van der Waals surface area contributed by atoms with E-state index in [1.807, 2.05) is 0 Å². The number of nitrogens with zero attached hydrogens (tertiary/aromatic N) is 1. The summed E-state index contributed by atoms with van der Waals surface area (Å²) in [5.74, 6) is 5.36. The summed E-state index contributed by atoms with van der Waals surface area (Å²) in [6.07, 6.45) is 0.990. The Morgan fingerprint density at radius 1 is 1.47 bits per heavy atom. The number of rotatable bonds is 1. The Hall–Kier alpha value is -1.39. The Bertz CT molecular complexity index is 531. The fourth-order valence-corrected chi connectivity index (χ4v) is 2.89. The molecule has 1 heterocycles. The van der Waals surface area contributed by atoms with E-state index in [0.717, 1.165) is 17.2 Å². The molecular weight excluding hydrogens is 206 g/mol.